The van der Waals surface area contributed by atoms with Gasteiger partial charge in [0.2, 0.25) is 0 Å². The molecule has 0 radical (unpaired) electrons. The van der Waals surface area contributed by atoms with E-state index in [1.807, 2.05) is 18.2 Å². The van der Waals surface area contributed by atoms with Crippen LogP contribution in [0.15, 0.2) is 53.4 Å². The number of hydrogen-bond acceptors (Lipinski definition) is 2. The summed E-state index contributed by atoms with van der Waals surface area (Å²) >= 11 is 5.93. The topological polar surface area (TPSA) is 43.1 Å². The Morgan fingerprint density at radius 2 is 1.84 bits per heavy atom. The van der Waals surface area contributed by atoms with Gasteiger partial charge < -0.3 is 5.73 Å². The second kappa shape index (κ2) is 6.73. The molecule has 0 saturated heterocycles. The van der Waals surface area contributed by atoms with Gasteiger partial charge in [-0.05, 0) is 36.6 Å². The van der Waals surface area contributed by atoms with Gasteiger partial charge in [0.1, 0.15) is 0 Å². The number of benzene rings is 2. The highest BCUT2D eigenvalue weighted by Crippen LogP contribution is 2.22. The van der Waals surface area contributed by atoms with Crippen LogP contribution in [0.25, 0.3) is 0 Å². The third-order valence-electron chi connectivity index (χ3n) is 2.87. The van der Waals surface area contributed by atoms with Crippen molar-refractivity contribution in [1.82, 2.24) is 0 Å². The molecule has 1 unspecified atom stereocenters. The van der Waals surface area contributed by atoms with Crippen LogP contribution < -0.4 is 5.73 Å². The first-order valence-corrected chi connectivity index (χ1v) is 7.84. The van der Waals surface area contributed by atoms with E-state index in [1.165, 1.54) is 5.56 Å². The largest absolute Gasteiger partial charge is 0.398 e. The fourth-order valence-electron chi connectivity index (χ4n) is 1.82. The Morgan fingerprint density at radius 1 is 1.11 bits per heavy atom. The molecule has 2 nitrogen and oxygen atoms in total. The molecular formula is C15H16ClNOS. The Morgan fingerprint density at radius 3 is 2.53 bits per heavy atom. The lowest BCUT2D eigenvalue weighted by Crippen LogP contribution is -2.00. The van der Waals surface area contributed by atoms with Crippen LogP contribution in [0.4, 0.5) is 5.69 Å². The van der Waals surface area contributed by atoms with Gasteiger partial charge in [0.25, 0.3) is 0 Å². The fraction of sp³-hybridized carbons (Fsp3) is 0.200. The molecule has 2 aromatic rings. The Bertz CT molecular complexity index is 572. The van der Waals surface area contributed by atoms with E-state index in [9.17, 15) is 4.21 Å². The second-order valence-corrected chi connectivity index (χ2v) is 6.30. The molecule has 0 heterocycles. The maximum atomic E-state index is 12.1. The van der Waals surface area contributed by atoms with Crippen molar-refractivity contribution in [2.45, 2.75) is 17.7 Å². The molecular weight excluding hydrogens is 278 g/mol. The van der Waals surface area contributed by atoms with Crippen molar-refractivity contribution >= 4 is 28.1 Å². The maximum absolute atomic E-state index is 12.1. The monoisotopic (exact) mass is 293 g/mol. The second-order valence-electron chi connectivity index (χ2n) is 4.32. The molecule has 19 heavy (non-hydrogen) atoms. The molecule has 2 rings (SSSR count). The number of aryl methyl sites for hydroxylation is 1. The maximum Gasteiger partial charge on any atom is 0.0647 e. The van der Waals surface area contributed by atoms with Crippen molar-refractivity contribution in [3.05, 3.63) is 59.1 Å². The van der Waals surface area contributed by atoms with E-state index < -0.39 is 10.8 Å². The first-order valence-electron chi connectivity index (χ1n) is 6.14. The first kappa shape index (κ1) is 14.1. The molecule has 0 aliphatic carbocycles. The van der Waals surface area contributed by atoms with E-state index in [-0.39, 0.29) is 0 Å². The van der Waals surface area contributed by atoms with Crippen molar-refractivity contribution in [1.29, 1.82) is 0 Å². The summed E-state index contributed by atoms with van der Waals surface area (Å²) in [5, 5.41) is 0.467. The van der Waals surface area contributed by atoms with Crippen molar-refractivity contribution in [3.8, 4) is 0 Å². The molecule has 100 valence electrons. The smallest absolute Gasteiger partial charge is 0.0647 e. The third-order valence-corrected chi connectivity index (χ3v) is 4.64. The number of hydrogen-bond donors (Lipinski definition) is 1. The fourth-order valence-corrected chi connectivity index (χ4v) is 3.18. The normalized spacial score (nSPS) is 12.3. The number of halogens is 1. The minimum Gasteiger partial charge on any atom is -0.398 e. The lowest BCUT2D eigenvalue weighted by molar-refractivity contribution is 0.680. The molecule has 0 bridgehead atoms. The highest BCUT2D eigenvalue weighted by molar-refractivity contribution is 7.85. The summed E-state index contributed by atoms with van der Waals surface area (Å²) in [6, 6.07) is 15.4. The molecule has 0 aromatic heterocycles. The van der Waals surface area contributed by atoms with E-state index in [4.69, 9.17) is 17.3 Å². The van der Waals surface area contributed by atoms with Crippen LogP contribution in [0.5, 0.6) is 0 Å². The first-order chi connectivity index (χ1) is 9.16. The minimum atomic E-state index is -1.02. The van der Waals surface area contributed by atoms with Crippen molar-refractivity contribution in [2.75, 3.05) is 11.5 Å². The van der Waals surface area contributed by atoms with Crippen molar-refractivity contribution < 1.29 is 4.21 Å². The number of anilines is 1. The van der Waals surface area contributed by atoms with Crippen LogP contribution in [-0.4, -0.2) is 9.96 Å². The zero-order valence-electron chi connectivity index (χ0n) is 10.5. The van der Waals surface area contributed by atoms with Gasteiger partial charge in [-0.15, -0.1) is 0 Å². The Balaban J connectivity index is 1.89. The molecule has 2 N–H and O–H groups in total. The average Bonchev–Trinajstić information content (AvgIpc) is 2.43. The summed E-state index contributed by atoms with van der Waals surface area (Å²) in [7, 11) is -1.02. The molecule has 0 spiro atoms. The molecule has 1 atom stereocenters. The standard InChI is InChI=1S/C15H16ClNOS/c16-14-11-13(8-9-15(14)17)19(18)10-4-7-12-5-2-1-3-6-12/h1-3,5-6,8-9,11H,4,7,10,17H2. The zero-order chi connectivity index (χ0) is 13.7. The van der Waals surface area contributed by atoms with Crippen molar-refractivity contribution in [3.63, 3.8) is 0 Å². The van der Waals surface area contributed by atoms with Crippen LogP contribution in [0.1, 0.15) is 12.0 Å². The molecule has 4 heteroatoms. The Labute approximate surface area is 121 Å². The minimum absolute atomic E-state index is 0.467. The van der Waals surface area contributed by atoms with Crippen LogP contribution in [0, 0.1) is 0 Å². The summed E-state index contributed by atoms with van der Waals surface area (Å²) in [6.07, 6.45) is 1.83. The predicted octanol–water partition coefficient (Wildman–Crippen LogP) is 3.66. The van der Waals surface area contributed by atoms with Gasteiger partial charge in [0, 0.05) is 10.6 Å². The average molecular weight is 294 g/mol. The van der Waals surface area contributed by atoms with Crippen LogP contribution in [0.3, 0.4) is 0 Å². The van der Waals surface area contributed by atoms with Gasteiger partial charge in [-0.1, -0.05) is 41.9 Å². The Kier molecular flexibility index (Phi) is 5.00. The van der Waals surface area contributed by atoms with E-state index in [1.54, 1.807) is 18.2 Å². The number of nitrogen functional groups attached to an aromatic ring is 1. The molecule has 0 aliphatic heterocycles. The van der Waals surface area contributed by atoms with Gasteiger partial charge in [-0.3, -0.25) is 4.21 Å². The summed E-state index contributed by atoms with van der Waals surface area (Å²) in [4.78, 5) is 0.743. The van der Waals surface area contributed by atoms with E-state index >= 15 is 0 Å². The van der Waals surface area contributed by atoms with Gasteiger partial charge in [-0.2, -0.15) is 0 Å². The van der Waals surface area contributed by atoms with Crippen molar-refractivity contribution in [2.24, 2.45) is 0 Å². The summed E-state index contributed by atoms with van der Waals surface area (Å²) in [6.45, 7) is 0. The van der Waals surface area contributed by atoms with Crippen LogP contribution >= 0.6 is 11.6 Å². The molecule has 0 fully saturated rings. The van der Waals surface area contributed by atoms with Gasteiger partial charge in [0.05, 0.1) is 21.5 Å². The van der Waals surface area contributed by atoms with Crippen LogP contribution in [-0.2, 0) is 17.2 Å². The lowest BCUT2D eigenvalue weighted by Gasteiger charge is -2.05. The third kappa shape index (κ3) is 4.08. The molecule has 0 saturated carbocycles. The lowest BCUT2D eigenvalue weighted by atomic mass is 10.1. The highest BCUT2D eigenvalue weighted by Gasteiger charge is 2.06. The van der Waals surface area contributed by atoms with E-state index in [0.29, 0.717) is 16.5 Å². The quantitative estimate of drug-likeness (QED) is 0.855. The van der Waals surface area contributed by atoms with Gasteiger partial charge in [0.15, 0.2) is 0 Å². The summed E-state index contributed by atoms with van der Waals surface area (Å²) in [5.41, 5.74) is 7.43. The molecule has 2 aromatic carbocycles. The molecule has 0 amide bonds. The number of nitrogens with two attached hydrogens (primary N) is 1. The van der Waals surface area contributed by atoms with Gasteiger partial charge in [-0.25, -0.2) is 0 Å². The predicted molar refractivity (Wildman–Crippen MR) is 81.9 cm³/mol. The van der Waals surface area contributed by atoms with Gasteiger partial charge >= 0.3 is 0 Å². The highest BCUT2D eigenvalue weighted by atomic mass is 35.5. The summed E-state index contributed by atoms with van der Waals surface area (Å²) in [5.74, 6) is 0.634. The van der Waals surface area contributed by atoms with Crippen LogP contribution in [0.2, 0.25) is 5.02 Å². The van der Waals surface area contributed by atoms with E-state index in [0.717, 1.165) is 17.7 Å². The van der Waals surface area contributed by atoms with E-state index in [2.05, 4.69) is 12.1 Å². The SMILES string of the molecule is Nc1ccc(S(=O)CCCc2ccccc2)cc1Cl. The summed E-state index contributed by atoms with van der Waals surface area (Å²) < 4.78 is 12.1. The molecule has 0 aliphatic rings. The Hall–Kier alpha value is -1.32. The number of rotatable bonds is 5. The zero-order valence-corrected chi connectivity index (χ0v) is 12.1.